The second kappa shape index (κ2) is 4.38. The van der Waals surface area contributed by atoms with E-state index in [0.29, 0.717) is 35.4 Å². The second-order valence-electron chi connectivity index (χ2n) is 5.71. The molecule has 2 aromatic carbocycles. The van der Waals surface area contributed by atoms with Crippen LogP contribution in [0.2, 0.25) is 0 Å². The minimum Gasteiger partial charge on any atom is -0.504 e. The summed E-state index contributed by atoms with van der Waals surface area (Å²) in [7, 11) is 1.52. The first-order chi connectivity index (χ1) is 11.3. The summed E-state index contributed by atoms with van der Waals surface area (Å²) in [5.41, 5.74) is 1.90. The number of phenols is 1. The fraction of sp³-hybridized carbons (Fsp3) is 0.294. The molecule has 2 unspecified atom stereocenters. The third-order valence-electron chi connectivity index (χ3n) is 4.57. The van der Waals surface area contributed by atoms with Crippen molar-refractivity contribution in [1.29, 1.82) is 0 Å². The van der Waals surface area contributed by atoms with Crippen LogP contribution < -0.4 is 23.7 Å². The summed E-state index contributed by atoms with van der Waals surface area (Å²) < 4.78 is 28.3. The van der Waals surface area contributed by atoms with Gasteiger partial charge in [0.1, 0.15) is 6.10 Å². The maximum atomic E-state index is 9.96. The molecule has 0 spiro atoms. The lowest BCUT2D eigenvalue weighted by atomic mass is 9.89. The summed E-state index contributed by atoms with van der Waals surface area (Å²) in [4.78, 5) is 0. The topological polar surface area (TPSA) is 66.4 Å². The highest BCUT2D eigenvalue weighted by atomic mass is 16.7. The van der Waals surface area contributed by atoms with Gasteiger partial charge in [-0.25, -0.2) is 0 Å². The predicted octanol–water partition coefficient (Wildman–Crippen LogP) is 2.74. The number of fused-ring (bicyclic) bond motifs is 7. The molecule has 6 heteroatoms. The third-order valence-corrected chi connectivity index (χ3v) is 4.57. The largest absolute Gasteiger partial charge is 0.504 e. The molecule has 0 saturated heterocycles. The Bertz CT molecular complexity index is 815. The Kier molecular flexibility index (Phi) is 2.43. The van der Waals surface area contributed by atoms with Crippen LogP contribution in [0.5, 0.6) is 34.5 Å². The molecule has 3 heterocycles. The first kappa shape index (κ1) is 12.8. The van der Waals surface area contributed by atoms with Gasteiger partial charge in [0, 0.05) is 11.1 Å². The van der Waals surface area contributed by atoms with E-state index in [-0.39, 0.29) is 24.6 Å². The number of ether oxygens (including phenoxy) is 5. The Balaban J connectivity index is 1.64. The van der Waals surface area contributed by atoms with Gasteiger partial charge in [-0.2, -0.15) is 0 Å². The Morgan fingerprint density at radius 1 is 1.00 bits per heavy atom. The summed E-state index contributed by atoms with van der Waals surface area (Å²) >= 11 is 0. The van der Waals surface area contributed by atoms with Crippen molar-refractivity contribution in [3.05, 3.63) is 35.4 Å². The molecule has 1 N–H and O–H groups in total. The summed E-state index contributed by atoms with van der Waals surface area (Å²) in [6.07, 6.45) is -0.195. The lowest BCUT2D eigenvalue weighted by molar-refractivity contribution is 0.129. The minimum atomic E-state index is -0.195. The van der Waals surface area contributed by atoms with Gasteiger partial charge in [-0.05, 0) is 18.2 Å². The zero-order valence-corrected chi connectivity index (χ0v) is 12.4. The van der Waals surface area contributed by atoms with Crippen LogP contribution in [0.25, 0.3) is 0 Å². The maximum Gasteiger partial charge on any atom is 0.231 e. The number of hydrogen-bond donors (Lipinski definition) is 1. The fourth-order valence-corrected chi connectivity index (χ4v) is 3.52. The molecular formula is C17H14O6. The Morgan fingerprint density at radius 2 is 1.87 bits per heavy atom. The normalized spacial score (nSPS) is 22.5. The van der Waals surface area contributed by atoms with Crippen LogP contribution in [0.15, 0.2) is 24.3 Å². The highest BCUT2D eigenvalue weighted by Crippen LogP contribution is 2.58. The van der Waals surface area contributed by atoms with E-state index in [1.807, 2.05) is 18.2 Å². The number of phenolic OH excluding ortho intramolecular Hbond substituents is 1. The highest BCUT2D eigenvalue weighted by molar-refractivity contribution is 5.63. The first-order valence-electron chi connectivity index (χ1n) is 7.39. The van der Waals surface area contributed by atoms with E-state index in [0.717, 1.165) is 11.1 Å². The van der Waals surface area contributed by atoms with Crippen LogP contribution in [-0.4, -0.2) is 25.6 Å². The molecule has 5 rings (SSSR count). The van der Waals surface area contributed by atoms with Crippen LogP contribution in [0.4, 0.5) is 0 Å². The lowest BCUT2D eigenvalue weighted by Gasteiger charge is -2.28. The van der Waals surface area contributed by atoms with Gasteiger partial charge in [-0.1, -0.05) is 6.07 Å². The van der Waals surface area contributed by atoms with Gasteiger partial charge >= 0.3 is 0 Å². The third kappa shape index (κ3) is 1.58. The van der Waals surface area contributed by atoms with Crippen molar-refractivity contribution in [3.63, 3.8) is 0 Å². The Labute approximate surface area is 132 Å². The molecule has 0 fully saturated rings. The standard InChI is InChI=1S/C17H14O6/c1-19-16-11(18)4-2-8-10-6-20-14-9(13(10)23-15(8)16)3-5-12-17(14)22-7-21-12/h2-5,10,13,18H,6-7H2,1H3. The number of benzene rings is 2. The van der Waals surface area contributed by atoms with Crippen LogP contribution in [0, 0.1) is 0 Å². The summed E-state index contributed by atoms with van der Waals surface area (Å²) in [6, 6.07) is 7.30. The van der Waals surface area contributed by atoms with Crippen molar-refractivity contribution >= 4 is 0 Å². The van der Waals surface area contributed by atoms with Crippen molar-refractivity contribution in [2.45, 2.75) is 12.0 Å². The molecule has 0 radical (unpaired) electrons. The molecule has 6 nitrogen and oxygen atoms in total. The molecule has 2 aromatic rings. The van der Waals surface area contributed by atoms with Crippen LogP contribution in [-0.2, 0) is 0 Å². The van der Waals surface area contributed by atoms with Crippen LogP contribution >= 0.6 is 0 Å². The smallest absolute Gasteiger partial charge is 0.231 e. The molecule has 3 aliphatic heterocycles. The SMILES string of the molecule is COc1c(O)ccc2c1OC1c3ccc4c(c3OCC21)OCO4. The maximum absolute atomic E-state index is 9.96. The van der Waals surface area contributed by atoms with Crippen LogP contribution in [0.3, 0.4) is 0 Å². The van der Waals surface area contributed by atoms with E-state index >= 15 is 0 Å². The van der Waals surface area contributed by atoms with Crippen LogP contribution in [0.1, 0.15) is 23.1 Å². The quantitative estimate of drug-likeness (QED) is 0.873. The molecular weight excluding hydrogens is 300 g/mol. The average Bonchev–Trinajstić information content (AvgIpc) is 3.18. The van der Waals surface area contributed by atoms with E-state index in [9.17, 15) is 5.11 Å². The van der Waals surface area contributed by atoms with Crippen molar-refractivity contribution in [2.75, 3.05) is 20.5 Å². The average molecular weight is 314 g/mol. The molecule has 0 aliphatic carbocycles. The van der Waals surface area contributed by atoms with Gasteiger partial charge in [0.2, 0.25) is 18.3 Å². The number of methoxy groups -OCH3 is 1. The number of aromatic hydroxyl groups is 1. The molecule has 3 aliphatic rings. The minimum absolute atomic E-state index is 0.0485. The van der Waals surface area contributed by atoms with E-state index in [1.165, 1.54) is 7.11 Å². The van der Waals surface area contributed by atoms with Gasteiger partial charge in [0.25, 0.3) is 0 Å². The van der Waals surface area contributed by atoms with E-state index in [4.69, 9.17) is 23.7 Å². The number of hydrogen-bond acceptors (Lipinski definition) is 6. The molecule has 2 atom stereocenters. The molecule has 0 aromatic heterocycles. The molecule has 118 valence electrons. The Hall–Kier alpha value is -2.76. The molecule has 23 heavy (non-hydrogen) atoms. The van der Waals surface area contributed by atoms with Gasteiger partial charge < -0.3 is 28.8 Å². The van der Waals surface area contributed by atoms with Crippen molar-refractivity contribution < 1.29 is 28.8 Å². The highest BCUT2D eigenvalue weighted by Gasteiger charge is 2.44. The van der Waals surface area contributed by atoms with Crippen molar-refractivity contribution in [2.24, 2.45) is 0 Å². The Morgan fingerprint density at radius 3 is 2.74 bits per heavy atom. The first-order valence-corrected chi connectivity index (χ1v) is 7.39. The van der Waals surface area contributed by atoms with E-state index < -0.39 is 0 Å². The summed E-state index contributed by atoms with van der Waals surface area (Å²) in [5.74, 6) is 3.06. The van der Waals surface area contributed by atoms with Gasteiger partial charge in [-0.3, -0.25) is 0 Å². The van der Waals surface area contributed by atoms with Crippen molar-refractivity contribution in [1.82, 2.24) is 0 Å². The van der Waals surface area contributed by atoms with Gasteiger partial charge in [0.15, 0.2) is 23.0 Å². The van der Waals surface area contributed by atoms with Crippen molar-refractivity contribution in [3.8, 4) is 34.5 Å². The van der Waals surface area contributed by atoms with Gasteiger partial charge in [-0.15, -0.1) is 0 Å². The number of rotatable bonds is 1. The molecule has 0 bridgehead atoms. The second-order valence-corrected chi connectivity index (χ2v) is 5.71. The van der Waals surface area contributed by atoms with E-state index in [1.54, 1.807) is 6.07 Å². The van der Waals surface area contributed by atoms with Gasteiger partial charge in [0.05, 0.1) is 19.6 Å². The molecule has 0 saturated carbocycles. The summed E-state index contributed by atoms with van der Waals surface area (Å²) in [5, 5.41) is 9.96. The zero-order valence-electron chi connectivity index (χ0n) is 12.4. The monoisotopic (exact) mass is 314 g/mol. The lowest BCUT2D eigenvalue weighted by Crippen LogP contribution is -2.23. The van der Waals surface area contributed by atoms with E-state index in [2.05, 4.69) is 0 Å². The molecule has 0 amide bonds. The fourth-order valence-electron chi connectivity index (χ4n) is 3.52. The predicted molar refractivity (Wildman–Crippen MR) is 78.8 cm³/mol. The summed E-state index contributed by atoms with van der Waals surface area (Å²) in [6.45, 7) is 0.671. The zero-order chi connectivity index (χ0) is 15.6.